The van der Waals surface area contributed by atoms with E-state index in [-0.39, 0.29) is 0 Å². The highest BCUT2D eigenvalue weighted by atomic mass is 31.1. The van der Waals surface area contributed by atoms with Crippen LogP contribution in [0, 0.1) is 0 Å². The SMILES string of the molecule is C=C(N(C)CN1CCN(C)CC1)N1c2ccccc2Pc2ccccc21. The fourth-order valence-electron chi connectivity index (χ4n) is 3.64. The summed E-state index contributed by atoms with van der Waals surface area (Å²) in [6.45, 7) is 9.89. The number of benzene rings is 2. The molecular weight excluding hydrogens is 339 g/mol. The van der Waals surface area contributed by atoms with Crippen LogP contribution in [-0.2, 0) is 0 Å². The number of rotatable bonds is 4. The summed E-state index contributed by atoms with van der Waals surface area (Å²) in [6.07, 6.45) is 0. The highest BCUT2D eigenvalue weighted by Gasteiger charge is 2.26. The van der Waals surface area contributed by atoms with Crippen molar-refractivity contribution in [3.63, 3.8) is 0 Å². The maximum Gasteiger partial charge on any atom is 0.106 e. The van der Waals surface area contributed by atoms with Gasteiger partial charge in [0.1, 0.15) is 5.82 Å². The molecule has 2 heterocycles. The van der Waals surface area contributed by atoms with Crippen LogP contribution < -0.4 is 15.5 Å². The fourth-order valence-corrected chi connectivity index (χ4v) is 4.94. The predicted molar refractivity (Wildman–Crippen MR) is 113 cm³/mol. The summed E-state index contributed by atoms with van der Waals surface area (Å²) < 4.78 is 0. The monoisotopic (exact) mass is 366 g/mol. The molecule has 0 radical (unpaired) electrons. The van der Waals surface area contributed by atoms with Crippen molar-refractivity contribution in [3.05, 3.63) is 60.9 Å². The molecule has 1 fully saturated rings. The van der Waals surface area contributed by atoms with E-state index in [1.807, 2.05) is 0 Å². The van der Waals surface area contributed by atoms with Crippen LogP contribution >= 0.6 is 8.58 Å². The molecule has 2 aliphatic heterocycles. The van der Waals surface area contributed by atoms with Gasteiger partial charge in [0.25, 0.3) is 0 Å². The lowest BCUT2D eigenvalue weighted by Gasteiger charge is -2.41. The first-order chi connectivity index (χ1) is 12.6. The summed E-state index contributed by atoms with van der Waals surface area (Å²) in [6, 6.07) is 17.4. The molecule has 0 amide bonds. The average Bonchev–Trinajstić information content (AvgIpc) is 2.67. The molecule has 0 atom stereocenters. The standard InChI is InChI=1S/C21H27N4P/c1-17(23(3)16-24-14-12-22(2)13-15-24)25-18-8-4-6-10-20(18)26-21-11-7-5-9-19(21)25/h4-11,26H,1,12-16H2,2-3H3. The number of piperazine rings is 1. The van der Waals surface area contributed by atoms with Gasteiger partial charge in [-0.05, 0) is 19.2 Å². The Morgan fingerprint density at radius 1 is 0.962 bits per heavy atom. The minimum atomic E-state index is 0.701. The Morgan fingerprint density at radius 2 is 1.50 bits per heavy atom. The van der Waals surface area contributed by atoms with Gasteiger partial charge in [0.2, 0.25) is 0 Å². The van der Waals surface area contributed by atoms with Crippen LogP contribution in [0.25, 0.3) is 0 Å². The zero-order chi connectivity index (χ0) is 18.1. The number of hydrogen-bond acceptors (Lipinski definition) is 4. The highest BCUT2D eigenvalue weighted by molar-refractivity contribution is 7.56. The number of hydrogen-bond donors (Lipinski definition) is 0. The third-order valence-electron chi connectivity index (χ3n) is 5.27. The van der Waals surface area contributed by atoms with Gasteiger partial charge in [0.05, 0.1) is 18.0 Å². The molecule has 4 nitrogen and oxygen atoms in total. The van der Waals surface area contributed by atoms with E-state index >= 15 is 0 Å². The maximum absolute atomic E-state index is 4.47. The van der Waals surface area contributed by atoms with Gasteiger partial charge in [0.15, 0.2) is 0 Å². The third kappa shape index (κ3) is 3.37. The molecule has 0 N–H and O–H groups in total. The quantitative estimate of drug-likeness (QED) is 0.771. The Hall–Kier alpha value is -1.87. The molecule has 2 aromatic rings. The molecule has 2 aliphatic rings. The van der Waals surface area contributed by atoms with Crippen molar-refractivity contribution < 1.29 is 0 Å². The van der Waals surface area contributed by atoms with E-state index in [4.69, 9.17) is 0 Å². The minimum Gasteiger partial charge on any atom is -0.348 e. The van der Waals surface area contributed by atoms with E-state index in [1.54, 1.807) is 0 Å². The van der Waals surface area contributed by atoms with Gasteiger partial charge in [-0.1, -0.05) is 51.6 Å². The second kappa shape index (κ2) is 7.40. The van der Waals surface area contributed by atoms with E-state index in [0.717, 1.165) is 38.7 Å². The summed E-state index contributed by atoms with van der Waals surface area (Å²) >= 11 is 0. The van der Waals surface area contributed by atoms with Crippen LogP contribution in [0.5, 0.6) is 0 Å². The number of nitrogens with zero attached hydrogens (tertiary/aromatic N) is 4. The lowest BCUT2D eigenvalue weighted by Crippen LogP contribution is -2.49. The molecule has 2 aromatic carbocycles. The lowest BCUT2D eigenvalue weighted by atomic mass is 10.2. The molecule has 4 rings (SSSR count). The molecular formula is C21H27N4P. The van der Waals surface area contributed by atoms with Crippen molar-refractivity contribution in [2.24, 2.45) is 0 Å². The molecule has 0 bridgehead atoms. The Bertz CT molecular complexity index is 753. The highest BCUT2D eigenvalue weighted by Crippen LogP contribution is 2.37. The van der Waals surface area contributed by atoms with Crippen molar-refractivity contribution >= 4 is 30.6 Å². The zero-order valence-corrected chi connectivity index (χ0v) is 16.7. The normalized spacial score (nSPS) is 17.5. The van der Waals surface area contributed by atoms with Gasteiger partial charge in [-0.2, -0.15) is 0 Å². The van der Waals surface area contributed by atoms with E-state index < -0.39 is 0 Å². The molecule has 1 saturated heterocycles. The number of para-hydroxylation sites is 2. The summed E-state index contributed by atoms with van der Waals surface area (Å²) in [5, 5.41) is 2.78. The molecule has 0 saturated carbocycles. The summed E-state index contributed by atoms with van der Waals surface area (Å²) in [5.41, 5.74) is 2.53. The molecule has 5 heteroatoms. The van der Waals surface area contributed by atoms with Crippen LogP contribution in [-0.4, -0.2) is 61.6 Å². The van der Waals surface area contributed by atoms with Crippen LogP contribution in [0.2, 0.25) is 0 Å². The van der Waals surface area contributed by atoms with Crippen LogP contribution in [0.4, 0.5) is 11.4 Å². The van der Waals surface area contributed by atoms with Crippen molar-refractivity contribution in [3.8, 4) is 0 Å². The molecule has 26 heavy (non-hydrogen) atoms. The van der Waals surface area contributed by atoms with Gasteiger partial charge in [-0.25, -0.2) is 0 Å². The van der Waals surface area contributed by atoms with Crippen molar-refractivity contribution in [1.82, 2.24) is 14.7 Å². The number of likely N-dealkylation sites (N-methyl/N-ethyl adjacent to an activating group) is 1. The van der Waals surface area contributed by atoms with E-state index in [1.165, 1.54) is 22.0 Å². The number of anilines is 2. The Morgan fingerprint density at radius 3 is 2.08 bits per heavy atom. The molecule has 0 spiro atoms. The van der Waals surface area contributed by atoms with Crippen molar-refractivity contribution in [2.45, 2.75) is 0 Å². The van der Waals surface area contributed by atoms with E-state index in [2.05, 4.69) is 88.8 Å². The molecule has 0 aliphatic carbocycles. The molecule has 0 aromatic heterocycles. The first-order valence-corrected chi connectivity index (χ1v) is 10.2. The summed E-state index contributed by atoms with van der Waals surface area (Å²) in [7, 11) is 5.05. The van der Waals surface area contributed by atoms with Crippen LogP contribution in [0.15, 0.2) is 60.9 Å². The molecule has 136 valence electrons. The second-order valence-corrected chi connectivity index (χ2v) is 8.50. The van der Waals surface area contributed by atoms with E-state index in [0.29, 0.717) is 8.58 Å². The largest absolute Gasteiger partial charge is 0.348 e. The van der Waals surface area contributed by atoms with E-state index in [9.17, 15) is 0 Å². The second-order valence-electron chi connectivity index (χ2n) is 7.17. The van der Waals surface area contributed by atoms with Gasteiger partial charge < -0.3 is 9.80 Å². The maximum atomic E-state index is 4.47. The predicted octanol–water partition coefficient (Wildman–Crippen LogP) is 2.38. The average molecular weight is 366 g/mol. The lowest BCUT2D eigenvalue weighted by molar-refractivity contribution is 0.110. The first-order valence-electron chi connectivity index (χ1n) is 9.19. The Kier molecular flexibility index (Phi) is 4.99. The van der Waals surface area contributed by atoms with Crippen molar-refractivity contribution in [1.29, 1.82) is 0 Å². The van der Waals surface area contributed by atoms with Crippen LogP contribution in [0.3, 0.4) is 0 Å². The van der Waals surface area contributed by atoms with Gasteiger partial charge >= 0.3 is 0 Å². The summed E-state index contributed by atoms with van der Waals surface area (Å²) in [4.78, 5) is 9.52. The summed E-state index contributed by atoms with van der Waals surface area (Å²) in [5.74, 6) is 1.04. The first kappa shape index (κ1) is 17.5. The van der Waals surface area contributed by atoms with Gasteiger partial charge in [-0.15, -0.1) is 0 Å². The van der Waals surface area contributed by atoms with Crippen molar-refractivity contribution in [2.75, 3.05) is 51.8 Å². The van der Waals surface area contributed by atoms with Gasteiger partial charge in [0, 0.05) is 43.8 Å². The van der Waals surface area contributed by atoms with Crippen LogP contribution in [0.1, 0.15) is 0 Å². The Balaban J connectivity index is 1.59. The Labute approximate surface area is 158 Å². The molecule has 0 unspecified atom stereocenters. The topological polar surface area (TPSA) is 13.0 Å². The van der Waals surface area contributed by atoms with Gasteiger partial charge in [-0.3, -0.25) is 9.80 Å². The minimum absolute atomic E-state index is 0.701. The fraction of sp³-hybridized carbons (Fsp3) is 0.333. The smallest absolute Gasteiger partial charge is 0.106 e. The third-order valence-corrected chi connectivity index (χ3v) is 6.65. The zero-order valence-electron chi connectivity index (χ0n) is 15.7. The number of fused-ring (bicyclic) bond motifs is 2.